The molecule has 26 heteroatoms. The number of carboxylic acid groups (broad SMARTS) is 3. The van der Waals surface area contributed by atoms with Gasteiger partial charge in [-0.25, -0.2) is 0 Å². The number of nitrogens with one attached hydrogen (secondary N) is 5. The number of rotatable bonds is 16. The van der Waals surface area contributed by atoms with Gasteiger partial charge >= 0.3 is 88.7 Å². The summed E-state index contributed by atoms with van der Waals surface area (Å²) in [5.41, 5.74) is 8.91. The van der Waals surface area contributed by atoms with Gasteiger partial charge in [-0.2, -0.15) is 0 Å². The van der Waals surface area contributed by atoms with Crippen molar-refractivity contribution in [1.29, 1.82) is 0 Å². The molecule has 0 bridgehead atoms. The van der Waals surface area contributed by atoms with E-state index in [9.17, 15) is 44.1 Å². The van der Waals surface area contributed by atoms with Crippen LogP contribution in [0.3, 0.4) is 0 Å². The number of aryl methyl sites for hydroxylation is 5. The van der Waals surface area contributed by atoms with E-state index >= 15 is 0 Å². The number of likely N-dealkylation sites (tertiary alicyclic amines) is 2. The van der Waals surface area contributed by atoms with Gasteiger partial charge in [0.2, 0.25) is 0 Å². The van der Waals surface area contributed by atoms with Crippen LogP contribution in [-0.2, 0) is 65.4 Å². The Morgan fingerprint density at radius 2 is 0.817 bits per heavy atom. The molecular weight excluding hydrogens is 1490 g/mol. The number of methoxy groups -OCH3 is 2. The SMILES string of the molecule is C1COCCN1.C1COCCN1.CC1CC(C(=O)[O-])CCN1.CCCOC.CCOc1ccc(CC)cc1.CCc1ccc(C(=O)N2CCCC2)cc1.CCc1ccc(C(=O)N2CCOCC2)cc1.CCc1cccc(C(=O)N2CCCC2)c1.CCc1cccc(OC)c1.O=C([O-])C1CCCNC1.O=C([O-])C1CCNCC1.[Na+].[Na+].[Na+]. The second-order valence-electron chi connectivity index (χ2n) is 28.0. The number of morpholine rings is 3. The summed E-state index contributed by atoms with van der Waals surface area (Å²) in [6.45, 7) is 36.4. The van der Waals surface area contributed by atoms with Crippen molar-refractivity contribution in [2.24, 2.45) is 17.8 Å². The van der Waals surface area contributed by atoms with Crippen LogP contribution >= 0.6 is 0 Å². The Morgan fingerprint density at radius 3 is 1.16 bits per heavy atom. The van der Waals surface area contributed by atoms with Crippen molar-refractivity contribution in [2.45, 2.75) is 164 Å². The van der Waals surface area contributed by atoms with Crippen molar-refractivity contribution >= 4 is 35.6 Å². The maximum Gasteiger partial charge on any atom is 1.00 e. The smallest absolute Gasteiger partial charge is 0.550 e. The van der Waals surface area contributed by atoms with Gasteiger partial charge in [-0.3, -0.25) is 14.4 Å². The number of hydrogen-bond donors (Lipinski definition) is 5. The Hall–Kier alpha value is -4.84. The van der Waals surface area contributed by atoms with E-state index in [0.717, 1.165) is 236 Å². The second-order valence-corrected chi connectivity index (χ2v) is 28.0. The van der Waals surface area contributed by atoms with E-state index in [0.29, 0.717) is 51.7 Å². The minimum atomic E-state index is -0.915. The quantitative estimate of drug-likeness (QED) is 0.0776. The standard InChI is InChI=1S/C13H17NO2.2C13H17NO.C10H14O.C9H12O.C7H13NO2.2C6H11NO2.2C4H9NO.C4H10O.3Na/c1-2-11-3-5-12(6-4-11)13(15)14-7-9-16-10-8-14;1-2-11-5-7-12(8-6-11)13(15)14-9-3-4-10-14;1-2-11-6-5-7-12(10-11)13(15)14-8-3-4-9-14;1-3-9-5-7-10(8-6-9)11-4-2;1-3-8-5-4-6-9(7-8)10-2;1-5-4-6(7(9)10)2-3-8-5;8-6(9)5-1-3-7-4-2-5;8-6(9)5-2-1-3-7-4-5;2*1-3-6-4-2-5-1;1-3-4-5-2;;;/h3-6H,2,7-10H2,1H3;5-8H,2-4,9-10H2,1H3;5-7,10H,2-4,8-9H2,1H3;5-8H,3-4H2,1-2H3;4-7H,3H2,1-2H3;5-6,8H,2-4H2,1H3,(H,9,10);2*5,7H,1-4H2,(H,8,9);2*5H,1-4H2;3-4H2,1-2H3;;;/q;;;;;;;;;;;3*+1/p-3. The maximum absolute atomic E-state index is 12.1. The number of ether oxygens (including phenoxy) is 6. The van der Waals surface area contributed by atoms with Crippen LogP contribution in [0.2, 0.25) is 0 Å². The van der Waals surface area contributed by atoms with E-state index in [-0.39, 0.29) is 124 Å². The molecule has 23 nitrogen and oxygen atoms in total. The average molecular weight is 1630 g/mol. The first-order chi connectivity index (χ1) is 54.4. The molecule has 5 aromatic carbocycles. The number of carboxylic acids is 3. The Balaban J connectivity index is 0.00000126. The normalized spacial score (nSPS) is 17.8. The minimum absolute atomic E-state index is 0. The summed E-state index contributed by atoms with van der Waals surface area (Å²) in [4.78, 5) is 72.6. The summed E-state index contributed by atoms with van der Waals surface area (Å²) in [5, 5.41) is 46.3. The zero-order valence-corrected chi connectivity index (χ0v) is 78.4. The van der Waals surface area contributed by atoms with Gasteiger partial charge in [0.1, 0.15) is 11.5 Å². The van der Waals surface area contributed by atoms with Crippen molar-refractivity contribution in [3.8, 4) is 11.5 Å². The molecule has 626 valence electrons. The monoisotopic (exact) mass is 1630 g/mol. The molecule has 8 heterocycles. The molecule has 0 radical (unpaired) electrons. The molecule has 13 rings (SSSR count). The van der Waals surface area contributed by atoms with Crippen molar-refractivity contribution in [3.63, 3.8) is 0 Å². The fraction of sp³-hybridized carbons (Fsp3) is 0.596. The van der Waals surface area contributed by atoms with Crippen molar-refractivity contribution < 1.29 is 161 Å². The van der Waals surface area contributed by atoms with Crippen LogP contribution in [0.4, 0.5) is 0 Å². The van der Waals surface area contributed by atoms with Crippen LogP contribution < -0.4 is 140 Å². The molecule has 0 saturated carbocycles. The molecule has 0 spiro atoms. The predicted octanol–water partition coefficient (Wildman–Crippen LogP) is -0.540. The molecule has 0 aromatic heterocycles. The molecule has 8 aliphatic heterocycles. The zero-order valence-electron chi connectivity index (χ0n) is 72.4. The van der Waals surface area contributed by atoms with Gasteiger partial charge in [0.15, 0.2) is 0 Å². The summed E-state index contributed by atoms with van der Waals surface area (Å²) < 4.78 is 30.3. The fourth-order valence-corrected chi connectivity index (χ4v) is 12.4. The Labute approximate surface area is 756 Å². The van der Waals surface area contributed by atoms with Gasteiger partial charge < -0.3 is 99.4 Å². The molecule has 5 N–H and O–H groups in total. The zero-order chi connectivity index (χ0) is 81.8. The third kappa shape index (κ3) is 50.1. The topological polar surface area (TPSA) is 297 Å². The Kier molecular flexibility index (Phi) is 68.0. The second kappa shape index (κ2) is 70.9. The third-order valence-corrected chi connectivity index (χ3v) is 19.4. The van der Waals surface area contributed by atoms with Crippen LogP contribution in [0.5, 0.6) is 11.5 Å². The molecule has 8 saturated heterocycles. The van der Waals surface area contributed by atoms with E-state index in [4.69, 9.17) is 28.4 Å². The predicted molar refractivity (Wildman–Crippen MR) is 440 cm³/mol. The van der Waals surface area contributed by atoms with Gasteiger partial charge in [-0.05, 0) is 231 Å². The minimum Gasteiger partial charge on any atom is -0.550 e. The van der Waals surface area contributed by atoms with Crippen LogP contribution in [0.15, 0.2) is 121 Å². The van der Waals surface area contributed by atoms with Crippen LogP contribution in [0.25, 0.3) is 0 Å². The fourth-order valence-electron chi connectivity index (χ4n) is 12.4. The van der Waals surface area contributed by atoms with Gasteiger partial charge in [-0.1, -0.05) is 102 Å². The van der Waals surface area contributed by atoms with E-state index in [2.05, 4.69) is 98.5 Å². The van der Waals surface area contributed by atoms with E-state index in [1.54, 1.807) is 14.2 Å². The number of piperidine rings is 3. The van der Waals surface area contributed by atoms with E-state index in [1.165, 1.54) is 27.8 Å². The summed E-state index contributed by atoms with van der Waals surface area (Å²) in [6, 6.07) is 40.5. The molecule has 3 amide bonds. The number of benzene rings is 5. The summed E-state index contributed by atoms with van der Waals surface area (Å²) in [7, 11) is 3.40. The van der Waals surface area contributed by atoms with Crippen LogP contribution in [-0.4, -0.2) is 222 Å². The van der Waals surface area contributed by atoms with Gasteiger partial charge in [-0.15, -0.1) is 0 Å². The first-order valence-electron chi connectivity index (χ1n) is 41.3. The summed E-state index contributed by atoms with van der Waals surface area (Å²) in [5.74, 6) is -0.971. The summed E-state index contributed by atoms with van der Waals surface area (Å²) >= 11 is 0. The first-order valence-corrected chi connectivity index (χ1v) is 41.3. The van der Waals surface area contributed by atoms with Crippen molar-refractivity contribution in [3.05, 3.63) is 166 Å². The molecule has 8 fully saturated rings. The maximum atomic E-state index is 12.1. The number of carbonyl (C=O) groups is 6. The molecule has 3 atom stereocenters. The van der Waals surface area contributed by atoms with Crippen LogP contribution in [0, 0.1) is 17.8 Å². The average Bonchev–Trinajstić information content (AvgIpc) is 1.75. The van der Waals surface area contributed by atoms with E-state index < -0.39 is 17.9 Å². The van der Waals surface area contributed by atoms with Gasteiger partial charge in [0.25, 0.3) is 17.7 Å². The Bertz CT molecular complexity index is 3190. The number of hydrogen-bond acceptors (Lipinski definition) is 20. The molecule has 0 aliphatic carbocycles. The number of carbonyl (C=O) groups excluding carboxylic acids is 6. The van der Waals surface area contributed by atoms with Crippen molar-refractivity contribution in [2.75, 3.05) is 165 Å². The molecule has 115 heavy (non-hydrogen) atoms. The van der Waals surface area contributed by atoms with Crippen molar-refractivity contribution in [1.82, 2.24) is 41.3 Å². The van der Waals surface area contributed by atoms with E-state index in [1.807, 2.05) is 120 Å². The first kappa shape index (κ1) is 110. The van der Waals surface area contributed by atoms with Gasteiger partial charge in [0.05, 0.1) is 53.4 Å². The number of nitrogens with zero attached hydrogens (tertiary/aromatic N) is 3. The largest absolute Gasteiger partial charge is 1.00 e. The summed E-state index contributed by atoms with van der Waals surface area (Å²) in [6.07, 6.45) is 15.5. The molecular formula is C89H137N8Na3O15. The van der Waals surface area contributed by atoms with Gasteiger partial charge in [0, 0.05) is 144 Å². The Morgan fingerprint density at radius 1 is 0.409 bits per heavy atom. The molecule has 5 aromatic rings. The third-order valence-electron chi connectivity index (χ3n) is 19.4. The molecule has 3 unspecified atom stereocenters. The number of amides is 3. The number of aliphatic carboxylic acids is 3. The molecule has 8 aliphatic rings. The van der Waals surface area contributed by atoms with Crippen LogP contribution in [0.1, 0.15) is 185 Å².